The number of amides is 2. The van der Waals surface area contributed by atoms with Crippen LogP contribution in [0.4, 0.5) is 4.79 Å². The summed E-state index contributed by atoms with van der Waals surface area (Å²) in [6.45, 7) is 6.74. The van der Waals surface area contributed by atoms with Gasteiger partial charge >= 0.3 is 6.09 Å². The average molecular weight is 378 g/mol. The highest BCUT2D eigenvalue weighted by Gasteiger charge is 2.31. The van der Waals surface area contributed by atoms with Crippen molar-refractivity contribution in [1.29, 1.82) is 0 Å². The van der Waals surface area contributed by atoms with Gasteiger partial charge in [-0.05, 0) is 32.4 Å². The van der Waals surface area contributed by atoms with Crippen molar-refractivity contribution >= 4 is 12.0 Å². The van der Waals surface area contributed by atoms with Crippen molar-refractivity contribution in [3.8, 4) is 11.8 Å². The Balaban J connectivity index is 1.55. The molecular formula is C21H35N3O3. The van der Waals surface area contributed by atoms with Crippen LogP contribution in [0.25, 0.3) is 0 Å². The maximum absolute atomic E-state index is 12.0. The number of unbranched alkanes of at least 4 members (excludes halogenated alkanes) is 5. The highest BCUT2D eigenvalue weighted by molar-refractivity contribution is 5.80. The number of alkyl carbamates (subject to hydrolysis) is 1. The maximum Gasteiger partial charge on any atom is 0.407 e. The molecule has 1 N–H and O–H groups in total. The van der Waals surface area contributed by atoms with Gasteiger partial charge in [0, 0.05) is 6.54 Å². The van der Waals surface area contributed by atoms with Gasteiger partial charge in [-0.2, -0.15) is 0 Å². The van der Waals surface area contributed by atoms with Crippen LogP contribution in [0.5, 0.6) is 0 Å². The Hall–Kier alpha value is -1.74. The summed E-state index contributed by atoms with van der Waals surface area (Å²) in [6, 6.07) is 0. The Morgan fingerprint density at radius 3 is 2.59 bits per heavy atom. The first-order valence-electron chi connectivity index (χ1n) is 10.6. The predicted octanol–water partition coefficient (Wildman–Crippen LogP) is 2.77. The zero-order valence-electron chi connectivity index (χ0n) is 16.8. The highest BCUT2D eigenvalue weighted by Crippen LogP contribution is 2.14. The zero-order valence-corrected chi connectivity index (χ0v) is 16.8. The summed E-state index contributed by atoms with van der Waals surface area (Å²) in [5.41, 5.74) is 0. The number of carbonyl (C=O) groups is 2. The lowest BCUT2D eigenvalue weighted by molar-refractivity contribution is -0.127. The van der Waals surface area contributed by atoms with E-state index in [-0.39, 0.29) is 18.4 Å². The van der Waals surface area contributed by atoms with Gasteiger partial charge in [-0.15, -0.1) is 0 Å². The second kappa shape index (κ2) is 12.6. The third-order valence-corrected chi connectivity index (χ3v) is 5.15. The van der Waals surface area contributed by atoms with Crippen LogP contribution >= 0.6 is 0 Å². The third-order valence-electron chi connectivity index (χ3n) is 5.15. The molecule has 0 aromatic rings. The topological polar surface area (TPSA) is 61.9 Å². The summed E-state index contributed by atoms with van der Waals surface area (Å²) in [6.07, 6.45) is 9.11. The third kappa shape index (κ3) is 8.66. The quantitative estimate of drug-likeness (QED) is 0.470. The smallest absolute Gasteiger partial charge is 0.407 e. The fourth-order valence-electron chi connectivity index (χ4n) is 3.52. The van der Waals surface area contributed by atoms with Gasteiger partial charge in [0.15, 0.2) is 0 Å². The van der Waals surface area contributed by atoms with Gasteiger partial charge in [0.1, 0.15) is 6.10 Å². The number of hydrogen-bond donors (Lipinski definition) is 1. The fourth-order valence-corrected chi connectivity index (χ4v) is 3.52. The molecule has 2 saturated heterocycles. The highest BCUT2D eigenvalue weighted by atomic mass is 16.6. The van der Waals surface area contributed by atoms with Crippen molar-refractivity contribution in [2.45, 2.75) is 70.8 Å². The molecule has 1 atom stereocenters. The Kier molecular flexibility index (Phi) is 10.1. The van der Waals surface area contributed by atoms with Crippen LogP contribution in [-0.4, -0.2) is 67.2 Å². The van der Waals surface area contributed by atoms with Crippen molar-refractivity contribution in [2.75, 3.05) is 39.3 Å². The first-order chi connectivity index (χ1) is 13.2. The monoisotopic (exact) mass is 377 g/mol. The standard InChI is InChI=1S/C21H35N3O3/c1-2-3-4-5-6-7-12-22-21(26)27-19-17-20(25)24(18-19)16-11-10-15-23-13-8-9-14-23/h19H,2-9,12-18H2,1H3,(H,22,26)/t19-/m0/s1. The second-order valence-electron chi connectivity index (χ2n) is 7.54. The lowest BCUT2D eigenvalue weighted by Crippen LogP contribution is -2.32. The maximum atomic E-state index is 12.0. The number of likely N-dealkylation sites (tertiary alicyclic amines) is 2. The lowest BCUT2D eigenvalue weighted by Gasteiger charge is -2.14. The molecule has 2 amide bonds. The van der Waals surface area contributed by atoms with E-state index in [1.165, 1.54) is 38.5 Å². The van der Waals surface area contributed by atoms with Crippen molar-refractivity contribution in [3.63, 3.8) is 0 Å². The fraction of sp³-hybridized carbons (Fsp3) is 0.810. The Morgan fingerprint density at radius 2 is 1.81 bits per heavy atom. The molecule has 0 unspecified atom stereocenters. The van der Waals surface area contributed by atoms with E-state index in [0.717, 1.165) is 32.5 Å². The minimum atomic E-state index is -0.414. The molecular weight excluding hydrogens is 342 g/mol. The molecule has 6 nitrogen and oxygen atoms in total. The minimum absolute atomic E-state index is 0.0131. The van der Waals surface area contributed by atoms with Gasteiger partial charge in [-0.25, -0.2) is 4.79 Å². The molecule has 2 heterocycles. The molecule has 0 saturated carbocycles. The number of nitrogens with one attached hydrogen (secondary N) is 1. The van der Waals surface area contributed by atoms with E-state index in [4.69, 9.17) is 4.74 Å². The molecule has 6 heteroatoms. The van der Waals surface area contributed by atoms with Gasteiger partial charge in [-0.3, -0.25) is 9.69 Å². The number of nitrogens with zero attached hydrogens (tertiary/aromatic N) is 2. The largest absolute Gasteiger partial charge is 0.444 e. The molecule has 2 aliphatic rings. The molecule has 0 spiro atoms. The van der Waals surface area contributed by atoms with E-state index in [0.29, 0.717) is 19.6 Å². The van der Waals surface area contributed by atoms with E-state index in [2.05, 4.69) is 29.0 Å². The van der Waals surface area contributed by atoms with Gasteiger partial charge in [-0.1, -0.05) is 50.9 Å². The number of carbonyl (C=O) groups excluding carboxylic acids is 2. The van der Waals surface area contributed by atoms with Gasteiger partial charge in [0.25, 0.3) is 0 Å². The number of hydrogen-bond acceptors (Lipinski definition) is 4. The van der Waals surface area contributed by atoms with Crippen molar-refractivity contribution in [1.82, 2.24) is 15.1 Å². The molecule has 27 heavy (non-hydrogen) atoms. The van der Waals surface area contributed by atoms with Crippen molar-refractivity contribution < 1.29 is 14.3 Å². The van der Waals surface area contributed by atoms with Crippen LogP contribution < -0.4 is 5.32 Å². The summed E-state index contributed by atoms with van der Waals surface area (Å²) in [5, 5.41) is 2.79. The SMILES string of the molecule is CCCCCCCCNC(=O)O[C@H]1CC(=O)N(CC#CCN2CCCC2)C1. The molecule has 0 aromatic heterocycles. The summed E-state index contributed by atoms with van der Waals surface area (Å²) < 4.78 is 5.38. The summed E-state index contributed by atoms with van der Waals surface area (Å²) >= 11 is 0. The summed E-state index contributed by atoms with van der Waals surface area (Å²) in [4.78, 5) is 27.9. The van der Waals surface area contributed by atoms with Crippen LogP contribution in [0, 0.1) is 11.8 Å². The first kappa shape index (κ1) is 21.6. The summed E-state index contributed by atoms with van der Waals surface area (Å²) in [7, 11) is 0. The molecule has 0 bridgehead atoms. The molecule has 0 aromatic carbocycles. The van der Waals surface area contributed by atoms with Gasteiger partial charge in [0.05, 0.1) is 26.1 Å². The van der Waals surface area contributed by atoms with E-state index in [9.17, 15) is 9.59 Å². The van der Waals surface area contributed by atoms with Gasteiger partial charge in [0.2, 0.25) is 5.91 Å². The Labute approximate surface area is 164 Å². The molecule has 2 fully saturated rings. The normalized spacial score (nSPS) is 19.8. The van der Waals surface area contributed by atoms with E-state index in [1.54, 1.807) is 4.90 Å². The van der Waals surface area contributed by atoms with Crippen molar-refractivity contribution in [3.05, 3.63) is 0 Å². The van der Waals surface area contributed by atoms with E-state index < -0.39 is 6.09 Å². The van der Waals surface area contributed by atoms with Crippen LogP contribution in [0.1, 0.15) is 64.7 Å². The number of ether oxygens (including phenoxy) is 1. The average Bonchev–Trinajstić information content (AvgIpc) is 3.28. The van der Waals surface area contributed by atoms with E-state index >= 15 is 0 Å². The van der Waals surface area contributed by atoms with Crippen LogP contribution in [0.2, 0.25) is 0 Å². The van der Waals surface area contributed by atoms with E-state index in [1.807, 2.05) is 0 Å². The minimum Gasteiger partial charge on any atom is -0.444 e. The van der Waals surface area contributed by atoms with Crippen LogP contribution in [0.3, 0.4) is 0 Å². The molecule has 0 radical (unpaired) electrons. The lowest BCUT2D eigenvalue weighted by atomic mass is 10.1. The Morgan fingerprint density at radius 1 is 1.11 bits per heavy atom. The zero-order chi connectivity index (χ0) is 19.3. The first-order valence-corrected chi connectivity index (χ1v) is 10.6. The van der Waals surface area contributed by atoms with Crippen LogP contribution in [-0.2, 0) is 9.53 Å². The second-order valence-corrected chi connectivity index (χ2v) is 7.54. The molecule has 2 aliphatic heterocycles. The van der Waals surface area contributed by atoms with Gasteiger partial charge < -0.3 is 15.0 Å². The summed E-state index contributed by atoms with van der Waals surface area (Å²) in [5.74, 6) is 6.24. The number of rotatable bonds is 10. The molecule has 2 rings (SSSR count). The molecule has 152 valence electrons. The Bertz CT molecular complexity index is 521. The van der Waals surface area contributed by atoms with Crippen LogP contribution in [0.15, 0.2) is 0 Å². The molecule has 0 aliphatic carbocycles. The van der Waals surface area contributed by atoms with Crippen molar-refractivity contribution in [2.24, 2.45) is 0 Å². The predicted molar refractivity (Wildman–Crippen MR) is 106 cm³/mol.